The molecule has 0 saturated heterocycles. The molecule has 2 amide bonds. The zero-order valence-corrected chi connectivity index (χ0v) is 18.4. The molecule has 0 radical (unpaired) electrons. The first kappa shape index (κ1) is 22.2. The lowest BCUT2D eigenvalue weighted by Crippen LogP contribution is -2.32. The molecule has 11 heteroatoms. The third-order valence-electron chi connectivity index (χ3n) is 5.46. The van der Waals surface area contributed by atoms with Crippen molar-refractivity contribution >= 4 is 22.7 Å². The number of aromatic amines is 2. The summed E-state index contributed by atoms with van der Waals surface area (Å²) < 4.78 is 1.48. The van der Waals surface area contributed by atoms with Gasteiger partial charge in [0.2, 0.25) is 11.8 Å². The van der Waals surface area contributed by atoms with Crippen molar-refractivity contribution < 1.29 is 9.59 Å². The van der Waals surface area contributed by atoms with Crippen LogP contribution in [0.1, 0.15) is 44.0 Å². The fourth-order valence-electron chi connectivity index (χ4n) is 3.69. The average molecular weight is 450 g/mol. The maximum absolute atomic E-state index is 12.6. The molecule has 11 nitrogen and oxygen atoms in total. The minimum absolute atomic E-state index is 0.0398. The summed E-state index contributed by atoms with van der Waals surface area (Å²) in [6.07, 6.45) is 10.5. The summed E-state index contributed by atoms with van der Waals surface area (Å²) in [5.41, 5.74) is 2.82. The number of amides is 2. The van der Waals surface area contributed by atoms with E-state index in [1.807, 2.05) is 18.2 Å². The van der Waals surface area contributed by atoms with Gasteiger partial charge in [-0.1, -0.05) is 24.1 Å². The molecule has 3 heterocycles. The Hall–Kier alpha value is -4.02. The van der Waals surface area contributed by atoms with Gasteiger partial charge in [-0.25, -0.2) is 9.67 Å². The van der Waals surface area contributed by atoms with Gasteiger partial charge in [-0.2, -0.15) is 5.10 Å². The fourth-order valence-corrected chi connectivity index (χ4v) is 3.69. The van der Waals surface area contributed by atoms with E-state index < -0.39 is 0 Å². The number of unbranched alkanes of at least 4 members (excludes halogenated alkanes) is 2. The lowest BCUT2D eigenvalue weighted by atomic mass is 10.1. The molecule has 1 atom stereocenters. The summed E-state index contributed by atoms with van der Waals surface area (Å²) in [5, 5.41) is 21.3. The van der Waals surface area contributed by atoms with E-state index in [1.165, 1.54) is 10.9 Å². The second-order valence-electron chi connectivity index (χ2n) is 7.85. The van der Waals surface area contributed by atoms with Crippen LogP contribution in [-0.4, -0.2) is 54.0 Å². The molecule has 0 aliphatic heterocycles. The zero-order valence-electron chi connectivity index (χ0n) is 18.4. The van der Waals surface area contributed by atoms with Crippen LogP contribution < -0.4 is 10.6 Å². The van der Waals surface area contributed by atoms with Crippen LogP contribution in [0.25, 0.3) is 22.2 Å². The maximum Gasteiger partial charge on any atom is 0.242 e. The van der Waals surface area contributed by atoms with Gasteiger partial charge in [-0.05, 0) is 25.0 Å². The minimum atomic E-state index is -0.285. The molecular formula is C22H27N9O2. The van der Waals surface area contributed by atoms with Crippen LogP contribution in [-0.2, 0) is 16.1 Å². The van der Waals surface area contributed by atoms with Crippen LogP contribution in [0.15, 0.2) is 43.0 Å². The lowest BCUT2D eigenvalue weighted by Gasteiger charge is -2.17. The standard InChI is InChI=1S/C22H27N9O2/c1-23-20(32)6-4-2-3-5-18(27-21(33)14-31-10-9-25-30-31)22-24-13-19(28-22)15-7-8-17-16(11-15)12-26-29-17/h7-13,18H,2-6,14H2,1H3,(H,23,32)(H,24,28)(H,26,29)(H,27,33)/t18-/m0/s1. The molecule has 0 aliphatic rings. The van der Waals surface area contributed by atoms with Gasteiger partial charge in [0.15, 0.2) is 0 Å². The number of rotatable bonds is 11. The summed E-state index contributed by atoms with van der Waals surface area (Å²) in [6, 6.07) is 5.72. The third-order valence-corrected chi connectivity index (χ3v) is 5.46. The van der Waals surface area contributed by atoms with Crippen LogP contribution in [0.5, 0.6) is 0 Å². The first-order valence-electron chi connectivity index (χ1n) is 10.9. The van der Waals surface area contributed by atoms with Gasteiger partial charge in [-0.15, -0.1) is 5.10 Å². The predicted molar refractivity (Wildman–Crippen MR) is 122 cm³/mol. The van der Waals surface area contributed by atoms with Gasteiger partial charge in [-0.3, -0.25) is 14.7 Å². The largest absolute Gasteiger partial charge is 0.359 e. The van der Waals surface area contributed by atoms with E-state index in [-0.39, 0.29) is 24.4 Å². The smallest absolute Gasteiger partial charge is 0.242 e. The number of H-pyrrole nitrogens is 2. The van der Waals surface area contributed by atoms with Gasteiger partial charge >= 0.3 is 0 Å². The number of nitrogens with zero attached hydrogens (tertiary/aromatic N) is 5. The first-order valence-corrected chi connectivity index (χ1v) is 10.9. The van der Waals surface area contributed by atoms with Crippen molar-refractivity contribution in [1.82, 2.24) is 45.8 Å². The highest BCUT2D eigenvalue weighted by atomic mass is 16.2. The van der Waals surface area contributed by atoms with Gasteiger partial charge in [0.1, 0.15) is 12.4 Å². The number of hydrogen-bond donors (Lipinski definition) is 4. The quantitative estimate of drug-likeness (QED) is 0.258. The Morgan fingerprint density at radius 2 is 2.06 bits per heavy atom. The molecule has 4 N–H and O–H groups in total. The van der Waals surface area contributed by atoms with E-state index in [0.717, 1.165) is 41.4 Å². The van der Waals surface area contributed by atoms with Gasteiger partial charge in [0, 0.05) is 30.6 Å². The van der Waals surface area contributed by atoms with Crippen LogP contribution in [0.2, 0.25) is 0 Å². The second kappa shape index (κ2) is 10.5. The van der Waals surface area contributed by atoms with E-state index in [9.17, 15) is 9.59 Å². The summed E-state index contributed by atoms with van der Waals surface area (Å²) in [7, 11) is 1.64. The Balaban J connectivity index is 1.44. The monoisotopic (exact) mass is 449 g/mol. The molecule has 3 aromatic heterocycles. The lowest BCUT2D eigenvalue weighted by molar-refractivity contribution is -0.123. The van der Waals surface area contributed by atoms with Crippen molar-refractivity contribution in [3.63, 3.8) is 0 Å². The van der Waals surface area contributed by atoms with E-state index >= 15 is 0 Å². The summed E-state index contributed by atoms with van der Waals surface area (Å²) in [6.45, 7) is 0.0812. The number of nitrogens with one attached hydrogen (secondary N) is 4. The number of carbonyl (C=O) groups excluding carboxylic acids is 2. The highest BCUT2D eigenvalue weighted by Crippen LogP contribution is 2.25. The van der Waals surface area contributed by atoms with E-state index in [2.05, 4.69) is 41.1 Å². The number of fused-ring (bicyclic) bond motifs is 1. The van der Waals surface area contributed by atoms with Gasteiger partial charge < -0.3 is 15.6 Å². The molecule has 4 aromatic rings. The van der Waals surface area contributed by atoms with Gasteiger partial charge in [0.05, 0.1) is 35.8 Å². The van der Waals surface area contributed by atoms with Crippen LogP contribution in [0.4, 0.5) is 0 Å². The van der Waals surface area contributed by atoms with Gasteiger partial charge in [0.25, 0.3) is 0 Å². The van der Waals surface area contributed by atoms with Crippen molar-refractivity contribution in [1.29, 1.82) is 0 Å². The topological polar surface area (TPSA) is 146 Å². The Labute approximate surface area is 190 Å². The molecule has 33 heavy (non-hydrogen) atoms. The van der Waals surface area contributed by atoms with E-state index in [4.69, 9.17) is 0 Å². The number of hydrogen-bond acceptors (Lipinski definition) is 6. The molecule has 0 spiro atoms. The molecule has 4 rings (SSSR count). The number of benzene rings is 1. The van der Waals surface area contributed by atoms with Crippen LogP contribution in [0.3, 0.4) is 0 Å². The number of imidazole rings is 1. The molecule has 0 bridgehead atoms. The van der Waals surface area contributed by atoms with Crippen molar-refractivity contribution in [2.45, 2.75) is 44.7 Å². The van der Waals surface area contributed by atoms with Crippen molar-refractivity contribution in [2.24, 2.45) is 0 Å². The number of aromatic nitrogens is 7. The first-order chi connectivity index (χ1) is 16.1. The SMILES string of the molecule is CNC(=O)CCCCC[C@H](NC(=O)Cn1ccnn1)c1ncc(-c2ccc3[nH]ncc3c2)[nH]1. The molecule has 0 aliphatic carbocycles. The van der Waals surface area contributed by atoms with Crippen molar-refractivity contribution in [2.75, 3.05) is 7.05 Å². The van der Waals surface area contributed by atoms with E-state index in [1.54, 1.807) is 25.6 Å². The maximum atomic E-state index is 12.6. The molecular weight excluding hydrogens is 422 g/mol. The van der Waals surface area contributed by atoms with Crippen LogP contribution >= 0.6 is 0 Å². The van der Waals surface area contributed by atoms with Crippen LogP contribution in [0, 0.1) is 0 Å². The normalized spacial score (nSPS) is 12.0. The predicted octanol–water partition coefficient (Wildman–Crippen LogP) is 2.10. The van der Waals surface area contributed by atoms with Crippen molar-refractivity contribution in [3.05, 3.63) is 48.8 Å². The summed E-state index contributed by atoms with van der Waals surface area (Å²) in [5.74, 6) is 0.558. The highest BCUT2D eigenvalue weighted by Gasteiger charge is 2.19. The van der Waals surface area contributed by atoms with E-state index in [0.29, 0.717) is 18.7 Å². The Kier molecular flexibility index (Phi) is 7.08. The fraction of sp³-hybridized carbons (Fsp3) is 0.364. The highest BCUT2D eigenvalue weighted by molar-refractivity contribution is 5.83. The molecule has 1 aromatic carbocycles. The molecule has 0 saturated carbocycles. The Bertz CT molecular complexity index is 1200. The molecule has 0 unspecified atom stereocenters. The van der Waals surface area contributed by atoms with Crippen molar-refractivity contribution in [3.8, 4) is 11.3 Å². The number of carbonyl (C=O) groups is 2. The average Bonchev–Trinajstić information content (AvgIpc) is 3.59. The summed E-state index contributed by atoms with van der Waals surface area (Å²) >= 11 is 0. The zero-order chi connectivity index (χ0) is 23.0. The minimum Gasteiger partial charge on any atom is -0.359 e. The Morgan fingerprint density at radius 3 is 2.88 bits per heavy atom. The molecule has 0 fully saturated rings. The second-order valence-corrected chi connectivity index (χ2v) is 7.85. The Morgan fingerprint density at radius 1 is 1.15 bits per heavy atom. The third kappa shape index (κ3) is 5.82. The summed E-state index contributed by atoms with van der Waals surface area (Å²) in [4.78, 5) is 31.9. The molecule has 172 valence electrons.